The van der Waals surface area contributed by atoms with Crippen molar-refractivity contribution in [3.8, 4) is 0 Å². The topological polar surface area (TPSA) is 29.9 Å². The van der Waals surface area contributed by atoms with Crippen LogP contribution in [-0.4, -0.2) is 9.78 Å². The average molecular weight is 302 g/mol. The molecule has 0 saturated heterocycles. The molecule has 0 fully saturated rings. The zero-order valence-electron chi connectivity index (χ0n) is 10.7. The molecule has 102 valence electrons. The Bertz CT molecular complexity index is 596. The van der Waals surface area contributed by atoms with E-state index in [-0.39, 0.29) is 5.82 Å². The van der Waals surface area contributed by atoms with Crippen LogP contribution in [0.15, 0.2) is 18.2 Å². The first kappa shape index (κ1) is 14.2. The second-order valence-corrected chi connectivity index (χ2v) is 4.95. The van der Waals surface area contributed by atoms with Crippen LogP contribution in [-0.2, 0) is 13.1 Å². The van der Waals surface area contributed by atoms with Crippen molar-refractivity contribution in [3.63, 3.8) is 0 Å². The average Bonchev–Trinajstić information content (AvgIpc) is 2.65. The normalized spacial score (nSPS) is 10.8. The summed E-state index contributed by atoms with van der Waals surface area (Å²) in [5.41, 5.74) is 2.01. The van der Waals surface area contributed by atoms with Crippen molar-refractivity contribution in [3.05, 3.63) is 45.4 Å². The van der Waals surface area contributed by atoms with Gasteiger partial charge in [0.1, 0.15) is 5.82 Å². The van der Waals surface area contributed by atoms with E-state index in [0.29, 0.717) is 28.8 Å². The molecule has 2 aromatic rings. The summed E-state index contributed by atoms with van der Waals surface area (Å²) in [6, 6.07) is 4.51. The molecule has 3 nitrogen and oxygen atoms in total. The largest absolute Gasteiger partial charge is 0.377 e. The highest BCUT2D eigenvalue weighted by molar-refractivity contribution is 6.32. The van der Waals surface area contributed by atoms with Crippen LogP contribution < -0.4 is 5.32 Å². The molecule has 0 spiro atoms. The fourth-order valence-electron chi connectivity index (χ4n) is 1.85. The molecule has 1 N–H and O–H groups in total. The molecule has 0 bridgehead atoms. The Kier molecular flexibility index (Phi) is 4.32. The van der Waals surface area contributed by atoms with E-state index in [1.807, 2.05) is 13.8 Å². The van der Waals surface area contributed by atoms with Crippen molar-refractivity contribution in [1.29, 1.82) is 0 Å². The van der Waals surface area contributed by atoms with Gasteiger partial charge in [0.2, 0.25) is 0 Å². The Hall–Kier alpha value is -1.26. The Labute approximate surface area is 121 Å². The summed E-state index contributed by atoms with van der Waals surface area (Å²) in [5, 5.41) is 8.30. The molecule has 1 aromatic carbocycles. The molecule has 0 saturated carbocycles. The quantitative estimate of drug-likeness (QED) is 0.914. The van der Waals surface area contributed by atoms with Gasteiger partial charge < -0.3 is 5.32 Å². The number of nitrogens with zero attached hydrogens (tertiary/aromatic N) is 2. The lowest BCUT2D eigenvalue weighted by Gasteiger charge is -2.09. The number of rotatable bonds is 4. The molecule has 0 radical (unpaired) electrons. The molecule has 0 aliphatic carbocycles. The van der Waals surface area contributed by atoms with Gasteiger partial charge in [-0.2, -0.15) is 5.10 Å². The van der Waals surface area contributed by atoms with E-state index >= 15 is 0 Å². The Morgan fingerprint density at radius 1 is 1.37 bits per heavy atom. The lowest BCUT2D eigenvalue weighted by atomic mass is 10.3. The van der Waals surface area contributed by atoms with E-state index in [0.717, 1.165) is 11.4 Å². The standard InChI is InChI=1S/C13H14Cl2FN3/c1-3-19-12(13(15)8(2)18-19)7-17-11-5-4-9(14)6-10(11)16/h4-6,17H,3,7H2,1-2H3. The van der Waals surface area contributed by atoms with Gasteiger partial charge in [0.25, 0.3) is 0 Å². The number of benzene rings is 1. The van der Waals surface area contributed by atoms with Crippen molar-refractivity contribution in [2.75, 3.05) is 5.32 Å². The summed E-state index contributed by atoms with van der Waals surface area (Å²) in [7, 11) is 0. The lowest BCUT2D eigenvalue weighted by Crippen LogP contribution is -2.09. The lowest BCUT2D eigenvalue weighted by molar-refractivity contribution is 0.616. The number of hydrogen-bond donors (Lipinski definition) is 1. The first-order valence-corrected chi connectivity index (χ1v) is 6.69. The third-order valence-electron chi connectivity index (χ3n) is 2.83. The minimum atomic E-state index is -0.386. The van der Waals surface area contributed by atoms with Gasteiger partial charge in [-0.1, -0.05) is 23.2 Å². The predicted molar refractivity (Wildman–Crippen MR) is 76.4 cm³/mol. The van der Waals surface area contributed by atoms with Gasteiger partial charge in [0.05, 0.1) is 28.6 Å². The summed E-state index contributed by atoms with van der Waals surface area (Å²) in [6.07, 6.45) is 0. The van der Waals surface area contributed by atoms with Crippen LogP contribution in [0.2, 0.25) is 10.0 Å². The van der Waals surface area contributed by atoms with Gasteiger partial charge in [-0.05, 0) is 32.0 Å². The van der Waals surface area contributed by atoms with Crippen molar-refractivity contribution in [2.24, 2.45) is 0 Å². The summed E-state index contributed by atoms with van der Waals surface area (Å²) < 4.78 is 15.4. The molecule has 19 heavy (non-hydrogen) atoms. The molecule has 1 aromatic heterocycles. The molecule has 1 heterocycles. The van der Waals surface area contributed by atoms with Crippen LogP contribution in [0.1, 0.15) is 18.3 Å². The zero-order valence-corrected chi connectivity index (χ0v) is 12.2. The molecular weight excluding hydrogens is 288 g/mol. The minimum Gasteiger partial charge on any atom is -0.377 e. The highest BCUT2D eigenvalue weighted by Crippen LogP contribution is 2.23. The summed E-state index contributed by atoms with van der Waals surface area (Å²) in [4.78, 5) is 0. The monoisotopic (exact) mass is 301 g/mol. The van der Waals surface area contributed by atoms with Crippen molar-refractivity contribution in [1.82, 2.24) is 9.78 Å². The smallest absolute Gasteiger partial charge is 0.147 e. The van der Waals surface area contributed by atoms with Crippen LogP contribution in [0.5, 0.6) is 0 Å². The van der Waals surface area contributed by atoms with E-state index in [1.54, 1.807) is 16.8 Å². The van der Waals surface area contributed by atoms with Gasteiger partial charge in [-0.15, -0.1) is 0 Å². The Morgan fingerprint density at radius 3 is 2.74 bits per heavy atom. The Morgan fingerprint density at radius 2 is 2.11 bits per heavy atom. The number of aryl methyl sites for hydroxylation is 2. The number of nitrogens with one attached hydrogen (secondary N) is 1. The highest BCUT2D eigenvalue weighted by atomic mass is 35.5. The maximum Gasteiger partial charge on any atom is 0.147 e. The molecule has 6 heteroatoms. The molecule has 2 rings (SSSR count). The first-order chi connectivity index (χ1) is 9.02. The molecule has 0 aliphatic heterocycles. The van der Waals surface area contributed by atoms with E-state index in [4.69, 9.17) is 23.2 Å². The predicted octanol–water partition coefficient (Wildman–Crippen LogP) is 4.27. The van der Waals surface area contributed by atoms with Gasteiger partial charge in [0.15, 0.2) is 0 Å². The van der Waals surface area contributed by atoms with Crippen LogP contribution in [0, 0.1) is 12.7 Å². The van der Waals surface area contributed by atoms with E-state index in [2.05, 4.69) is 10.4 Å². The van der Waals surface area contributed by atoms with Crippen molar-refractivity contribution < 1.29 is 4.39 Å². The van der Waals surface area contributed by atoms with Crippen molar-refractivity contribution >= 4 is 28.9 Å². The molecule has 0 atom stereocenters. The summed E-state index contributed by atoms with van der Waals surface area (Å²) >= 11 is 11.9. The molecule has 0 aliphatic rings. The van der Waals surface area contributed by atoms with Crippen molar-refractivity contribution in [2.45, 2.75) is 26.9 Å². The number of hydrogen-bond acceptors (Lipinski definition) is 2. The van der Waals surface area contributed by atoms with Crippen LogP contribution in [0.3, 0.4) is 0 Å². The highest BCUT2D eigenvalue weighted by Gasteiger charge is 2.12. The Balaban J connectivity index is 2.18. The number of anilines is 1. The number of aromatic nitrogens is 2. The first-order valence-electron chi connectivity index (χ1n) is 5.93. The van der Waals surface area contributed by atoms with E-state index < -0.39 is 0 Å². The third kappa shape index (κ3) is 3.01. The summed E-state index contributed by atoms with van der Waals surface area (Å²) in [5.74, 6) is -0.386. The molecular formula is C13H14Cl2FN3. The number of halogens is 3. The maximum atomic E-state index is 13.6. The van der Waals surface area contributed by atoms with Gasteiger partial charge in [-0.3, -0.25) is 4.68 Å². The summed E-state index contributed by atoms with van der Waals surface area (Å²) in [6.45, 7) is 4.95. The van der Waals surface area contributed by atoms with Gasteiger partial charge in [-0.25, -0.2) is 4.39 Å². The van der Waals surface area contributed by atoms with Crippen LogP contribution in [0.4, 0.5) is 10.1 Å². The van der Waals surface area contributed by atoms with Gasteiger partial charge in [0, 0.05) is 11.6 Å². The zero-order chi connectivity index (χ0) is 14.0. The SMILES string of the molecule is CCn1nc(C)c(Cl)c1CNc1ccc(Cl)cc1F. The molecule has 0 amide bonds. The maximum absolute atomic E-state index is 13.6. The minimum absolute atomic E-state index is 0.371. The fourth-order valence-corrected chi connectivity index (χ4v) is 2.21. The second-order valence-electron chi connectivity index (χ2n) is 4.14. The van der Waals surface area contributed by atoms with Crippen LogP contribution in [0.25, 0.3) is 0 Å². The third-order valence-corrected chi connectivity index (χ3v) is 3.56. The second kappa shape index (κ2) is 5.80. The van der Waals surface area contributed by atoms with E-state index in [9.17, 15) is 4.39 Å². The van der Waals surface area contributed by atoms with E-state index in [1.165, 1.54) is 6.07 Å². The fraction of sp³-hybridized carbons (Fsp3) is 0.308. The van der Waals surface area contributed by atoms with Crippen LogP contribution >= 0.6 is 23.2 Å². The molecule has 0 unspecified atom stereocenters. The van der Waals surface area contributed by atoms with Gasteiger partial charge >= 0.3 is 0 Å².